The summed E-state index contributed by atoms with van der Waals surface area (Å²) in [6.45, 7) is 7.97. The summed E-state index contributed by atoms with van der Waals surface area (Å²) in [5, 5.41) is 0. The van der Waals surface area contributed by atoms with Gasteiger partial charge in [0.25, 0.3) is 0 Å². The summed E-state index contributed by atoms with van der Waals surface area (Å²) in [6, 6.07) is 5.53. The second-order valence-corrected chi connectivity index (χ2v) is 7.13. The molecule has 6 nitrogen and oxygen atoms in total. The van der Waals surface area contributed by atoms with Gasteiger partial charge in [0.2, 0.25) is 11.8 Å². The standard InChI is InChI=1S/C20H25FN4O2/c1-13-10-16(12-18(22-13)26-3)25-7-5-24(6-8-25)14(2)19-17(21)11-15-4-9-27-20(15)23-19/h10-12,14H,4-9H2,1-3H3/t14-/m1/s1. The minimum atomic E-state index is -0.233. The SMILES string of the molecule is COc1cc(N2CCN([C@H](C)c3nc4c(cc3F)CCO4)CC2)cc(C)n1. The number of aromatic nitrogens is 2. The van der Waals surface area contributed by atoms with Crippen LogP contribution >= 0.6 is 0 Å². The highest BCUT2D eigenvalue weighted by Gasteiger charge is 2.27. The van der Waals surface area contributed by atoms with Crippen molar-refractivity contribution in [1.29, 1.82) is 0 Å². The van der Waals surface area contributed by atoms with Crippen molar-refractivity contribution >= 4 is 5.69 Å². The van der Waals surface area contributed by atoms with E-state index in [2.05, 4.69) is 25.8 Å². The van der Waals surface area contributed by atoms with Crippen LogP contribution in [0, 0.1) is 12.7 Å². The minimum absolute atomic E-state index is 0.0876. The molecule has 1 fully saturated rings. The van der Waals surface area contributed by atoms with Crippen LogP contribution in [0.5, 0.6) is 11.8 Å². The minimum Gasteiger partial charge on any atom is -0.481 e. The van der Waals surface area contributed by atoms with Gasteiger partial charge in [-0.05, 0) is 26.0 Å². The Morgan fingerprint density at radius 3 is 2.67 bits per heavy atom. The van der Waals surface area contributed by atoms with E-state index in [9.17, 15) is 4.39 Å². The van der Waals surface area contributed by atoms with E-state index >= 15 is 0 Å². The Kier molecular flexibility index (Phi) is 4.86. The van der Waals surface area contributed by atoms with Gasteiger partial charge in [-0.3, -0.25) is 4.90 Å². The molecule has 0 aromatic carbocycles. The fourth-order valence-electron chi connectivity index (χ4n) is 3.83. The molecule has 2 aliphatic heterocycles. The third-order valence-corrected chi connectivity index (χ3v) is 5.40. The van der Waals surface area contributed by atoms with Crippen molar-refractivity contribution in [3.05, 3.63) is 41.0 Å². The topological polar surface area (TPSA) is 50.7 Å². The number of methoxy groups -OCH3 is 1. The van der Waals surface area contributed by atoms with Crippen LogP contribution < -0.4 is 14.4 Å². The molecule has 0 saturated carbocycles. The molecule has 144 valence electrons. The van der Waals surface area contributed by atoms with Crippen LogP contribution in [0.1, 0.15) is 29.9 Å². The molecule has 0 aliphatic carbocycles. The van der Waals surface area contributed by atoms with Gasteiger partial charge in [-0.2, -0.15) is 0 Å². The largest absolute Gasteiger partial charge is 0.481 e. The highest BCUT2D eigenvalue weighted by atomic mass is 19.1. The molecule has 27 heavy (non-hydrogen) atoms. The Hall–Kier alpha value is -2.41. The summed E-state index contributed by atoms with van der Waals surface area (Å²) in [7, 11) is 1.63. The number of anilines is 1. The highest BCUT2D eigenvalue weighted by molar-refractivity contribution is 5.50. The van der Waals surface area contributed by atoms with E-state index in [0.29, 0.717) is 24.1 Å². The van der Waals surface area contributed by atoms with E-state index in [1.807, 2.05) is 19.9 Å². The predicted octanol–water partition coefficient (Wildman–Crippen LogP) is 2.75. The summed E-state index contributed by atoms with van der Waals surface area (Å²) in [5.74, 6) is 0.991. The summed E-state index contributed by atoms with van der Waals surface area (Å²) < 4.78 is 25.3. The average molecular weight is 372 g/mol. The van der Waals surface area contributed by atoms with Crippen molar-refractivity contribution in [3.63, 3.8) is 0 Å². The number of hydrogen-bond donors (Lipinski definition) is 0. The molecular weight excluding hydrogens is 347 g/mol. The zero-order valence-corrected chi connectivity index (χ0v) is 16.0. The van der Waals surface area contributed by atoms with Gasteiger partial charge in [-0.25, -0.2) is 14.4 Å². The summed E-state index contributed by atoms with van der Waals surface area (Å²) in [5.41, 5.74) is 3.40. The van der Waals surface area contributed by atoms with Crippen LogP contribution in [-0.4, -0.2) is 54.8 Å². The lowest BCUT2D eigenvalue weighted by Gasteiger charge is -2.39. The number of aryl methyl sites for hydroxylation is 1. The molecule has 0 spiro atoms. The van der Waals surface area contributed by atoms with Gasteiger partial charge in [-0.1, -0.05) is 0 Å². The molecular formula is C20H25FN4O2. The first-order valence-corrected chi connectivity index (χ1v) is 9.39. The molecule has 4 heterocycles. The lowest BCUT2D eigenvalue weighted by atomic mass is 10.1. The van der Waals surface area contributed by atoms with Gasteiger partial charge >= 0.3 is 0 Å². The zero-order valence-electron chi connectivity index (χ0n) is 16.0. The predicted molar refractivity (Wildman–Crippen MR) is 101 cm³/mol. The first kappa shape index (κ1) is 18.0. The number of piperazine rings is 1. The molecule has 1 atom stereocenters. The molecule has 2 aromatic heterocycles. The lowest BCUT2D eigenvalue weighted by Crippen LogP contribution is -2.47. The first-order valence-electron chi connectivity index (χ1n) is 9.39. The van der Waals surface area contributed by atoms with E-state index in [0.717, 1.165) is 49.5 Å². The second kappa shape index (κ2) is 7.31. The van der Waals surface area contributed by atoms with Crippen LogP contribution in [0.4, 0.5) is 10.1 Å². The van der Waals surface area contributed by atoms with Crippen LogP contribution in [0.15, 0.2) is 18.2 Å². The van der Waals surface area contributed by atoms with Crippen molar-refractivity contribution in [3.8, 4) is 11.8 Å². The number of rotatable bonds is 4. The number of pyridine rings is 2. The lowest BCUT2D eigenvalue weighted by molar-refractivity contribution is 0.190. The van der Waals surface area contributed by atoms with E-state index in [-0.39, 0.29) is 11.9 Å². The monoisotopic (exact) mass is 372 g/mol. The van der Waals surface area contributed by atoms with Gasteiger partial charge < -0.3 is 14.4 Å². The van der Waals surface area contributed by atoms with Crippen molar-refractivity contribution in [2.24, 2.45) is 0 Å². The van der Waals surface area contributed by atoms with Crippen LogP contribution in [0.2, 0.25) is 0 Å². The van der Waals surface area contributed by atoms with Gasteiger partial charge in [0.05, 0.1) is 25.5 Å². The van der Waals surface area contributed by atoms with Crippen LogP contribution in [-0.2, 0) is 6.42 Å². The van der Waals surface area contributed by atoms with E-state index in [1.54, 1.807) is 13.2 Å². The maximum atomic E-state index is 14.5. The average Bonchev–Trinajstić information content (AvgIpc) is 3.13. The Morgan fingerprint density at radius 1 is 1.15 bits per heavy atom. The first-order chi connectivity index (χ1) is 13.0. The second-order valence-electron chi connectivity index (χ2n) is 7.13. The Labute approximate surface area is 158 Å². The van der Waals surface area contributed by atoms with Gasteiger partial charge in [0.1, 0.15) is 5.82 Å². The Bertz CT molecular complexity index is 837. The molecule has 0 radical (unpaired) electrons. The van der Waals surface area contributed by atoms with Gasteiger partial charge in [0, 0.05) is 55.6 Å². The van der Waals surface area contributed by atoms with Crippen molar-refractivity contribution < 1.29 is 13.9 Å². The number of nitrogens with zero attached hydrogens (tertiary/aromatic N) is 4. The number of halogens is 1. The summed E-state index contributed by atoms with van der Waals surface area (Å²) >= 11 is 0. The molecule has 7 heteroatoms. The molecule has 0 unspecified atom stereocenters. The highest BCUT2D eigenvalue weighted by Crippen LogP contribution is 2.30. The van der Waals surface area contributed by atoms with Gasteiger partial charge in [-0.15, -0.1) is 0 Å². The van der Waals surface area contributed by atoms with Crippen molar-refractivity contribution in [2.75, 3.05) is 44.8 Å². The summed E-state index contributed by atoms with van der Waals surface area (Å²) in [4.78, 5) is 13.4. The Balaban J connectivity index is 1.46. The normalized spacial score (nSPS) is 18.1. The fourth-order valence-corrected chi connectivity index (χ4v) is 3.83. The van der Waals surface area contributed by atoms with Crippen LogP contribution in [0.25, 0.3) is 0 Å². The molecule has 2 aromatic rings. The van der Waals surface area contributed by atoms with Crippen LogP contribution in [0.3, 0.4) is 0 Å². The van der Waals surface area contributed by atoms with E-state index < -0.39 is 0 Å². The quantitative estimate of drug-likeness (QED) is 0.823. The van der Waals surface area contributed by atoms with Gasteiger partial charge in [0.15, 0.2) is 0 Å². The maximum absolute atomic E-state index is 14.5. The Morgan fingerprint density at radius 2 is 1.93 bits per heavy atom. The van der Waals surface area contributed by atoms with E-state index in [4.69, 9.17) is 9.47 Å². The number of hydrogen-bond acceptors (Lipinski definition) is 6. The molecule has 4 rings (SSSR count). The summed E-state index contributed by atoms with van der Waals surface area (Å²) in [6.07, 6.45) is 0.738. The smallest absolute Gasteiger partial charge is 0.217 e. The zero-order chi connectivity index (χ0) is 19.0. The third-order valence-electron chi connectivity index (χ3n) is 5.40. The van der Waals surface area contributed by atoms with Crippen molar-refractivity contribution in [1.82, 2.24) is 14.9 Å². The van der Waals surface area contributed by atoms with E-state index in [1.165, 1.54) is 0 Å². The molecule has 0 N–H and O–H groups in total. The number of ether oxygens (including phenoxy) is 2. The number of fused-ring (bicyclic) bond motifs is 1. The van der Waals surface area contributed by atoms with Crippen molar-refractivity contribution in [2.45, 2.75) is 26.3 Å². The molecule has 2 aliphatic rings. The fraction of sp³-hybridized carbons (Fsp3) is 0.500. The third kappa shape index (κ3) is 3.56. The molecule has 0 bridgehead atoms. The maximum Gasteiger partial charge on any atom is 0.217 e. The molecule has 0 amide bonds. The molecule has 1 saturated heterocycles.